The van der Waals surface area contributed by atoms with Gasteiger partial charge < -0.3 is 9.84 Å². The van der Waals surface area contributed by atoms with Crippen molar-refractivity contribution in [2.24, 2.45) is 0 Å². The average Bonchev–Trinajstić information content (AvgIpc) is 2.65. The molecule has 0 amide bonds. The predicted octanol–water partition coefficient (Wildman–Crippen LogP) is 3.44. The maximum Gasteiger partial charge on any atom is 0.419 e. The van der Waals surface area contributed by atoms with Crippen LogP contribution in [0.15, 0.2) is 18.9 Å². The number of aliphatic hydroxyl groups is 1. The molecule has 0 aromatic carbocycles. The summed E-state index contributed by atoms with van der Waals surface area (Å²) in [5, 5.41) is 9.36. The molecule has 0 aliphatic rings. The highest BCUT2D eigenvalue weighted by Gasteiger charge is 2.21. The molecule has 0 saturated carbocycles. The molecule has 0 saturated heterocycles. The van der Waals surface area contributed by atoms with E-state index in [1.807, 2.05) is 39.8 Å². The highest BCUT2D eigenvalue weighted by atomic mass is 16.6. The molecule has 0 atom stereocenters. The van der Waals surface area contributed by atoms with Gasteiger partial charge in [0.25, 0.3) is 0 Å². The Morgan fingerprint density at radius 3 is 2.58 bits per heavy atom. The summed E-state index contributed by atoms with van der Waals surface area (Å²) in [6.07, 6.45) is 6.37. The maximum atomic E-state index is 12.1. The van der Waals surface area contributed by atoms with Crippen LogP contribution in [0.4, 0.5) is 4.79 Å². The number of hydrogen-bond donors (Lipinski definition) is 1. The molecule has 0 aliphatic carbocycles. The van der Waals surface area contributed by atoms with E-state index in [4.69, 9.17) is 4.74 Å². The Bertz CT molecular complexity index is 504. The lowest BCUT2D eigenvalue weighted by molar-refractivity contribution is 0.0536. The second-order valence-corrected chi connectivity index (χ2v) is 5.17. The van der Waals surface area contributed by atoms with Gasteiger partial charge in [0, 0.05) is 17.3 Å². The number of aromatic nitrogens is 1. The molecule has 0 radical (unpaired) electrons. The third-order valence-electron chi connectivity index (χ3n) is 2.45. The van der Waals surface area contributed by atoms with Gasteiger partial charge in [-0.25, -0.2) is 4.79 Å². The van der Waals surface area contributed by atoms with Gasteiger partial charge in [-0.3, -0.25) is 4.57 Å². The van der Waals surface area contributed by atoms with E-state index >= 15 is 0 Å². The van der Waals surface area contributed by atoms with Gasteiger partial charge in [0.15, 0.2) is 0 Å². The third kappa shape index (κ3) is 3.58. The molecule has 4 heteroatoms. The minimum absolute atomic E-state index is 0.143. The summed E-state index contributed by atoms with van der Waals surface area (Å²) in [6.45, 7) is 10.9. The number of allylic oxidation sites excluding steroid dienone is 1. The zero-order valence-corrected chi connectivity index (χ0v) is 11.9. The van der Waals surface area contributed by atoms with Crippen molar-refractivity contribution in [3.05, 3.63) is 35.7 Å². The molecule has 0 spiro atoms. The van der Waals surface area contributed by atoms with Crippen LogP contribution in [-0.4, -0.2) is 21.4 Å². The van der Waals surface area contributed by atoms with E-state index in [-0.39, 0.29) is 6.61 Å². The Balaban J connectivity index is 3.28. The van der Waals surface area contributed by atoms with Crippen molar-refractivity contribution < 1.29 is 14.6 Å². The molecule has 4 nitrogen and oxygen atoms in total. The highest BCUT2D eigenvalue weighted by molar-refractivity contribution is 5.79. The van der Waals surface area contributed by atoms with E-state index < -0.39 is 11.7 Å². The molecule has 1 heterocycles. The first-order valence-electron chi connectivity index (χ1n) is 6.17. The van der Waals surface area contributed by atoms with E-state index in [2.05, 4.69) is 6.58 Å². The molecule has 1 aromatic rings. The van der Waals surface area contributed by atoms with Crippen molar-refractivity contribution in [1.29, 1.82) is 0 Å². The Hall–Kier alpha value is -1.81. The van der Waals surface area contributed by atoms with Crippen LogP contribution in [0.3, 0.4) is 0 Å². The SMILES string of the molecule is C=Cc1c(/C=C\C)c(CO)cn1C(=O)OC(C)(C)C. The van der Waals surface area contributed by atoms with Gasteiger partial charge in [-0.1, -0.05) is 18.7 Å². The van der Waals surface area contributed by atoms with E-state index in [1.165, 1.54) is 4.57 Å². The molecule has 0 aliphatic heterocycles. The summed E-state index contributed by atoms with van der Waals surface area (Å²) in [5.74, 6) is 0. The monoisotopic (exact) mass is 263 g/mol. The predicted molar refractivity (Wildman–Crippen MR) is 76.8 cm³/mol. The van der Waals surface area contributed by atoms with E-state index in [9.17, 15) is 9.90 Å². The van der Waals surface area contributed by atoms with E-state index in [1.54, 1.807) is 12.3 Å². The fraction of sp³-hybridized carbons (Fsp3) is 0.400. The molecule has 19 heavy (non-hydrogen) atoms. The number of rotatable bonds is 3. The van der Waals surface area contributed by atoms with Crippen LogP contribution in [0, 0.1) is 0 Å². The van der Waals surface area contributed by atoms with Crippen molar-refractivity contribution >= 4 is 18.2 Å². The molecule has 0 bridgehead atoms. The molecule has 0 fully saturated rings. The van der Waals surface area contributed by atoms with Crippen molar-refractivity contribution in [2.75, 3.05) is 0 Å². The number of carbonyl (C=O) groups is 1. The van der Waals surface area contributed by atoms with Gasteiger partial charge in [-0.2, -0.15) is 0 Å². The van der Waals surface area contributed by atoms with E-state index in [0.717, 1.165) is 5.56 Å². The number of nitrogens with zero attached hydrogens (tertiary/aromatic N) is 1. The standard InChI is InChI=1S/C15H21NO3/c1-6-8-12-11(10-17)9-16(13(12)7-2)14(18)19-15(3,4)5/h6-9,17H,2,10H2,1,3-5H3/b8-6-. The highest BCUT2D eigenvalue weighted by Crippen LogP contribution is 2.22. The van der Waals surface area contributed by atoms with Crippen LogP contribution in [-0.2, 0) is 11.3 Å². The number of aliphatic hydroxyl groups excluding tert-OH is 1. The largest absolute Gasteiger partial charge is 0.443 e. The van der Waals surface area contributed by atoms with Gasteiger partial charge >= 0.3 is 6.09 Å². The fourth-order valence-electron chi connectivity index (χ4n) is 1.74. The Morgan fingerprint density at radius 1 is 1.53 bits per heavy atom. The lowest BCUT2D eigenvalue weighted by Crippen LogP contribution is -2.27. The first kappa shape index (κ1) is 15.2. The smallest absolute Gasteiger partial charge is 0.419 e. The molecule has 104 valence electrons. The average molecular weight is 263 g/mol. The van der Waals surface area contributed by atoms with Crippen LogP contribution in [0.25, 0.3) is 12.2 Å². The molecule has 1 rings (SSSR count). The number of hydrogen-bond acceptors (Lipinski definition) is 3. The van der Waals surface area contributed by atoms with Crippen LogP contribution < -0.4 is 0 Å². The van der Waals surface area contributed by atoms with Gasteiger partial charge in [-0.15, -0.1) is 0 Å². The summed E-state index contributed by atoms with van der Waals surface area (Å²) >= 11 is 0. The minimum atomic E-state index is -0.570. The summed E-state index contributed by atoms with van der Waals surface area (Å²) in [4.78, 5) is 12.1. The topological polar surface area (TPSA) is 51.5 Å². The van der Waals surface area contributed by atoms with Crippen LogP contribution >= 0.6 is 0 Å². The molecular weight excluding hydrogens is 242 g/mol. The normalized spacial score (nSPS) is 11.8. The second-order valence-electron chi connectivity index (χ2n) is 5.17. The fourth-order valence-corrected chi connectivity index (χ4v) is 1.74. The quantitative estimate of drug-likeness (QED) is 0.908. The molecule has 1 aromatic heterocycles. The summed E-state index contributed by atoms with van der Waals surface area (Å²) in [6, 6.07) is 0. The van der Waals surface area contributed by atoms with Crippen LogP contribution in [0.5, 0.6) is 0 Å². The van der Waals surface area contributed by atoms with Crippen LogP contribution in [0.2, 0.25) is 0 Å². The number of ether oxygens (including phenoxy) is 1. The van der Waals surface area contributed by atoms with Crippen molar-refractivity contribution in [3.8, 4) is 0 Å². The molecular formula is C15H21NO3. The molecule has 0 unspecified atom stereocenters. The Morgan fingerprint density at radius 2 is 2.16 bits per heavy atom. The Labute approximate surface area is 114 Å². The Kier molecular flexibility index (Phi) is 4.72. The lowest BCUT2D eigenvalue weighted by Gasteiger charge is -2.20. The second kappa shape index (κ2) is 5.89. The van der Waals surface area contributed by atoms with Crippen molar-refractivity contribution in [1.82, 2.24) is 4.57 Å². The van der Waals surface area contributed by atoms with Gasteiger partial charge in [-0.05, 0) is 33.8 Å². The third-order valence-corrected chi connectivity index (χ3v) is 2.45. The summed E-state index contributed by atoms with van der Waals surface area (Å²) < 4.78 is 6.70. The zero-order valence-electron chi connectivity index (χ0n) is 11.9. The summed E-state index contributed by atoms with van der Waals surface area (Å²) in [5.41, 5.74) is 1.50. The van der Waals surface area contributed by atoms with Gasteiger partial charge in [0.05, 0.1) is 12.3 Å². The summed E-state index contributed by atoms with van der Waals surface area (Å²) in [7, 11) is 0. The molecule has 1 N–H and O–H groups in total. The minimum Gasteiger partial charge on any atom is -0.443 e. The number of carbonyl (C=O) groups excluding carboxylic acids is 1. The van der Waals surface area contributed by atoms with Crippen LogP contribution in [0.1, 0.15) is 44.5 Å². The van der Waals surface area contributed by atoms with Crippen molar-refractivity contribution in [3.63, 3.8) is 0 Å². The maximum absolute atomic E-state index is 12.1. The van der Waals surface area contributed by atoms with Gasteiger partial charge in [0.1, 0.15) is 5.60 Å². The van der Waals surface area contributed by atoms with E-state index in [0.29, 0.717) is 11.3 Å². The first-order valence-corrected chi connectivity index (χ1v) is 6.17. The van der Waals surface area contributed by atoms with Gasteiger partial charge in [0.2, 0.25) is 0 Å². The first-order chi connectivity index (χ1) is 8.84. The zero-order chi connectivity index (χ0) is 14.6. The van der Waals surface area contributed by atoms with Crippen molar-refractivity contribution in [2.45, 2.75) is 39.9 Å². The lowest BCUT2D eigenvalue weighted by atomic mass is 10.1.